The first-order valence-corrected chi connectivity index (χ1v) is 26.1. The van der Waals surface area contributed by atoms with Crippen LogP contribution < -0.4 is 31.3 Å². The van der Waals surface area contributed by atoms with E-state index in [2.05, 4.69) is 38.2 Å². The van der Waals surface area contributed by atoms with Crippen LogP contribution in [-0.2, 0) is 43.4 Å². The Bertz CT molecular complexity index is 1530. The maximum Gasteiger partial charge on any atom is 0.407 e. The normalized spacial score (nSPS) is 14.3. The minimum Gasteiger partial charge on any atom is -0.480 e. The van der Waals surface area contributed by atoms with Crippen molar-refractivity contribution in [3.63, 3.8) is 0 Å². The number of amides is 5. The third kappa shape index (κ3) is 32.9. The molecule has 0 unspecified atom stereocenters. The molecular formula is C47H90N6O12S. The van der Waals surface area contributed by atoms with Gasteiger partial charge < -0.3 is 45.9 Å². The van der Waals surface area contributed by atoms with Gasteiger partial charge in [0.2, 0.25) is 27.7 Å². The van der Waals surface area contributed by atoms with Crippen LogP contribution >= 0.6 is 0 Å². The number of carboxylic acids is 1. The van der Waals surface area contributed by atoms with Crippen molar-refractivity contribution in [2.24, 2.45) is 5.92 Å². The first-order valence-electron chi connectivity index (χ1n) is 24.5. The lowest BCUT2D eigenvalue weighted by Gasteiger charge is -2.29. The number of unbranched alkanes of at least 4 members (excludes halogenated alkanes) is 12. The van der Waals surface area contributed by atoms with Crippen molar-refractivity contribution in [3.8, 4) is 0 Å². The highest BCUT2D eigenvalue weighted by molar-refractivity contribution is 7.89. The second kappa shape index (κ2) is 33.7. The van der Waals surface area contributed by atoms with Gasteiger partial charge in [0.05, 0.1) is 11.9 Å². The average molecular weight is 963 g/mol. The highest BCUT2D eigenvalue weighted by Gasteiger charge is 2.35. The molecule has 0 spiro atoms. The molecule has 0 radical (unpaired) electrons. The Balaban J connectivity index is 5.92. The van der Waals surface area contributed by atoms with Gasteiger partial charge in [0.1, 0.15) is 35.4 Å². The van der Waals surface area contributed by atoms with E-state index in [0.29, 0.717) is 45.1 Å². The first kappa shape index (κ1) is 62.3. The molecule has 66 heavy (non-hydrogen) atoms. The molecule has 5 amide bonds. The molecule has 0 aliphatic rings. The summed E-state index contributed by atoms with van der Waals surface area (Å²) >= 11 is 0. The van der Waals surface area contributed by atoms with Crippen LogP contribution in [0.3, 0.4) is 0 Å². The molecular weight excluding hydrogens is 873 g/mol. The third-order valence-electron chi connectivity index (χ3n) is 10.2. The summed E-state index contributed by atoms with van der Waals surface area (Å²) in [5.74, 6) is -3.65. The Kier molecular flexibility index (Phi) is 31.8. The number of alkyl carbamates (subject to hydrolysis) is 2. The second-order valence-corrected chi connectivity index (χ2v) is 21.5. The Labute approximate surface area is 397 Å². The number of hydrogen-bond acceptors (Lipinski definition) is 11. The van der Waals surface area contributed by atoms with E-state index in [4.69, 9.17) is 14.2 Å². The molecule has 0 aromatic carbocycles. The van der Waals surface area contributed by atoms with Crippen LogP contribution in [0.15, 0.2) is 0 Å². The fourth-order valence-electron chi connectivity index (χ4n) is 6.67. The van der Waals surface area contributed by atoms with E-state index in [9.17, 15) is 42.3 Å². The van der Waals surface area contributed by atoms with Crippen LogP contribution in [0.5, 0.6) is 0 Å². The molecule has 0 heterocycles. The zero-order valence-corrected chi connectivity index (χ0v) is 43.2. The van der Waals surface area contributed by atoms with Crippen LogP contribution in [-0.4, -0.2) is 116 Å². The average Bonchev–Trinajstić information content (AvgIpc) is 3.20. The van der Waals surface area contributed by atoms with E-state index >= 15 is 0 Å². The van der Waals surface area contributed by atoms with E-state index < -0.39 is 87.4 Å². The first-order chi connectivity index (χ1) is 30.8. The lowest BCUT2D eigenvalue weighted by atomic mass is 10.1. The molecule has 19 heteroatoms. The molecule has 0 saturated heterocycles. The van der Waals surface area contributed by atoms with Crippen molar-refractivity contribution in [2.75, 3.05) is 25.4 Å². The van der Waals surface area contributed by atoms with E-state index in [1.54, 1.807) is 55.4 Å². The van der Waals surface area contributed by atoms with Crippen molar-refractivity contribution in [1.29, 1.82) is 0 Å². The Morgan fingerprint density at radius 1 is 0.561 bits per heavy atom. The Hall–Kier alpha value is -3.71. The van der Waals surface area contributed by atoms with Gasteiger partial charge in [-0.15, -0.1) is 0 Å². The monoisotopic (exact) mass is 963 g/mol. The number of carboxylic acid groups (broad SMARTS) is 1. The molecule has 386 valence electrons. The molecule has 0 aliphatic heterocycles. The number of aliphatic carboxylic acids is 1. The maximum atomic E-state index is 14.1. The Morgan fingerprint density at radius 3 is 1.48 bits per heavy atom. The summed E-state index contributed by atoms with van der Waals surface area (Å²) in [5.41, 5.74) is -1.32. The van der Waals surface area contributed by atoms with Crippen LogP contribution in [0.1, 0.15) is 192 Å². The van der Waals surface area contributed by atoms with Crippen LogP contribution in [0.2, 0.25) is 0 Å². The predicted molar refractivity (Wildman–Crippen MR) is 257 cm³/mol. The quantitative estimate of drug-likeness (QED) is 0.0314. The second-order valence-electron chi connectivity index (χ2n) is 19.7. The fraction of sp³-hybridized carbons (Fsp3) is 0.872. The molecule has 0 saturated carbocycles. The molecule has 0 fully saturated rings. The summed E-state index contributed by atoms with van der Waals surface area (Å²) in [6.07, 6.45) is 10.7. The highest BCUT2D eigenvalue weighted by atomic mass is 32.2. The minimum atomic E-state index is -3.94. The van der Waals surface area contributed by atoms with E-state index in [0.717, 1.165) is 25.7 Å². The number of nitrogens with one attached hydrogen (secondary N) is 6. The minimum absolute atomic E-state index is 0.0471. The van der Waals surface area contributed by atoms with Crippen LogP contribution in [0.25, 0.3) is 0 Å². The summed E-state index contributed by atoms with van der Waals surface area (Å²) in [4.78, 5) is 77.7. The van der Waals surface area contributed by atoms with Gasteiger partial charge >= 0.3 is 18.2 Å². The van der Waals surface area contributed by atoms with Crippen molar-refractivity contribution in [3.05, 3.63) is 0 Å². The van der Waals surface area contributed by atoms with Gasteiger partial charge in [-0.25, -0.2) is 27.5 Å². The molecule has 0 aromatic heterocycles. The van der Waals surface area contributed by atoms with Gasteiger partial charge in [-0.1, -0.05) is 98.3 Å². The largest absolute Gasteiger partial charge is 0.480 e. The van der Waals surface area contributed by atoms with Gasteiger partial charge in [0.25, 0.3) is 0 Å². The fourth-order valence-corrected chi connectivity index (χ4v) is 8.03. The van der Waals surface area contributed by atoms with Gasteiger partial charge in [-0.3, -0.25) is 14.4 Å². The maximum absolute atomic E-state index is 14.1. The molecule has 7 N–H and O–H groups in total. The lowest BCUT2D eigenvalue weighted by molar-refractivity contribution is -0.142. The number of carbonyl (C=O) groups is 6. The lowest BCUT2D eigenvalue weighted by Crippen LogP contribution is -2.60. The van der Waals surface area contributed by atoms with E-state index in [1.165, 1.54) is 32.1 Å². The summed E-state index contributed by atoms with van der Waals surface area (Å²) in [6.45, 7) is 20.5. The molecule has 0 rings (SSSR count). The number of sulfonamides is 1. The zero-order chi connectivity index (χ0) is 50.3. The summed E-state index contributed by atoms with van der Waals surface area (Å²) in [5, 5.41) is 23.1. The van der Waals surface area contributed by atoms with Crippen LogP contribution in [0, 0.1) is 5.92 Å². The van der Waals surface area contributed by atoms with Crippen molar-refractivity contribution in [2.45, 2.75) is 233 Å². The topological polar surface area (TPSA) is 257 Å². The van der Waals surface area contributed by atoms with Crippen molar-refractivity contribution >= 4 is 45.9 Å². The smallest absolute Gasteiger partial charge is 0.407 e. The number of carbonyl (C=O) groups excluding carboxylic acids is 5. The Morgan fingerprint density at radius 2 is 1.00 bits per heavy atom. The zero-order valence-electron chi connectivity index (χ0n) is 42.4. The van der Waals surface area contributed by atoms with Gasteiger partial charge in [-0.05, 0) is 99.3 Å². The number of rotatable bonds is 36. The third-order valence-corrected chi connectivity index (χ3v) is 11.7. The number of ether oxygens (including phenoxy) is 3. The van der Waals surface area contributed by atoms with Crippen LogP contribution in [0.4, 0.5) is 9.59 Å². The number of hydrogen-bond donors (Lipinski definition) is 7. The van der Waals surface area contributed by atoms with Gasteiger partial charge in [0.15, 0.2) is 0 Å². The van der Waals surface area contributed by atoms with Crippen molar-refractivity contribution in [1.82, 2.24) is 31.3 Å². The summed E-state index contributed by atoms with van der Waals surface area (Å²) in [7, 11) is -3.94. The molecule has 0 aromatic rings. The van der Waals surface area contributed by atoms with E-state index in [-0.39, 0.29) is 44.1 Å². The summed E-state index contributed by atoms with van der Waals surface area (Å²) < 4.78 is 45.9. The standard InChI is InChI=1S/C47H90N6O12S/c1-12-14-15-16-17-18-19-20-21-27-32-66(61,62)53-37(28-24-26-31-49-45(60)65-47(9,10)11)41(55)52-39(35(5)63-33-34(3)4)42(56)50-36(13-2)40(54)51-38(43(57)58)29-23-22-25-30-48-44(59)64-46(6,7)8/h34-39,53H,12-33H2,1-11H3,(H,48,59)(H,49,60)(H,50,56)(H,51,54)(H,52,55)(H,57,58)/t35-,36+,37+,38-,39+/m0/s1. The molecule has 0 aliphatic carbocycles. The molecule has 18 nitrogen and oxygen atoms in total. The SMILES string of the molecule is CCCCCCCCCCCCS(=O)(=O)N[C@H](CCCCNC(=O)OC(C)(C)C)C(=O)N[C@@H](C(=O)N[C@H](CC)C(=O)N[C@@H](CCCCCNC(=O)OC(C)(C)C)C(=O)O)[C@H](C)OCC(C)C. The van der Waals surface area contributed by atoms with E-state index in [1.807, 2.05) is 13.8 Å². The van der Waals surface area contributed by atoms with Gasteiger partial charge in [-0.2, -0.15) is 0 Å². The molecule has 5 atom stereocenters. The van der Waals surface area contributed by atoms with Crippen molar-refractivity contribution < 1.29 is 56.5 Å². The van der Waals surface area contributed by atoms with Gasteiger partial charge in [0, 0.05) is 19.7 Å². The predicted octanol–water partition coefficient (Wildman–Crippen LogP) is 6.99. The highest BCUT2D eigenvalue weighted by Crippen LogP contribution is 2.14. The summed E-state index contributed by atoms with van der Waals surface area (Å²) in [6, 6.07) is -5.08. The molecule has 0 bridgehead atoms.